The van der Waals surface area contributed by atoms with Gasteiger partial charge in [-0.25, -0.2) is 0 Å². The number of hydrogen-bond donors (Lipinski definition) is 2. The Hall–Kier alpha value is -1.57. The third kappa shape index (κ3) is 4.36. The van der Waals surface area contributed by atoms with E-state index in [4.69, 9.17) is 11.0 Å². The fraction of sp³-hybridized carbons (Fsp3) is 0.500. The fourth-order valence-corrected chi connectivity index (χ4v) is 1.80. The Morgan fingerprint density at radius 1 is 1.33 bits per heavy atom. The lowest BCUT2D eigenvalue weighted by Gasteiger charge is -2.28. The first-order valence-electron chi connectivity index (χ1n) is 6.19. The van der Waals surface area contributed by atoms with Gasteiger partial charge in [0.15, 0.2) is 0 Å². The van der Waals surface area contributed by atoms with E-state index >= 15 is 0 Å². The van der Waals surface area contributed by atoms with Crippen LogP contribution in [0, 0.1) is 11.3 Å². The number of nitrogen functional groups attached to an aromatic ring is 1. The number of anilines is 1. The maximum Gasteiger partial charge on any atom is 0.0917 e. The Bertz CT molecular complexity index is 394. The van der Waals surface area contributed by atoms with Crippen LogP contribution in [0.3, 0.4) is 0 Å². The molecule has 1 aromatic rings. The minimum Gasteiger partial charge on any atom is -0.399 e. The maximum atomic E-state index is 10.2. The van der Waals surface area contributed by atoms with Crippen molar-refractivity contribution in [2.24, 2.45) is 0 Å². The molecule has 0 aliphatic carbocycles. The smallest absolute Gasteiger partial charge is 0.0917 e. The molecule has 0 heterocycles. The van der Waals surface area contributed by atoms with E-state index in [1.807, 2.05) is 12.1 Å². The molecular formula is C14H21N3O. The summed E-state index contributed by atoms with van der Waals surface area (Å²) >= 11 is 0. The monoisotopic (exact) mass is 247 g/mol. The summed E-state index contributed by atoms with van der Waals surface area (Å²) < 4.78 is 0. The van der Waals surface area contributed by atoms with Crippen LogP contribution in [0.1, 0.15) is 31.9 Å². The Morgan fingerprint density at radius 2 is 1.94 bits per heavy atom. The average Bonchev–Trinajstić information content (AvgIpc) is 2.34. The van der Waals surface area contributed by atoms with Crippen LogP contribution < -0.4 is 5.73 Å². The van der Waals surface area contributed by atoms with E-state index in [2.05, 4.69) is 24.8 Å². The molecule has 3 N–H and O–H groups in total. The molecule has 98 valence electrons. The number of aliphatic hydroxyl groups excluding tert-OH is 1. The Morgan fingerprint density at radius 3 is 2.44 bits per heavy atom. The van der Waals surface area contributed by atoms with Crippen molar-refractivity contribution in [2.75, 3.05) is 18.8 Å². The minimum atomic E-state index is -0.549. The van der Waals surface area contributed by atoms with Crippen molar-refractivity contribution in [1.29, 1.82) is 5.26 Å². The molecule has 1 atom stereocenters. The Balaban J connectivity index is 2.63. The molecule has 1 aromatic carbocycles. The number of rotatable bonds is 6. The molecule has 4 nitrogen and oxygen atoms in total. The van der Waals surface area contributed by atoms with Gasteiger partial charge in [-0.3, -0.25) is 4.90 Å². The van der Waals surface area contributed by atoms with E-state index in [1.54, 1.807) is 12.1 Å². The fourth-order valence-electron chi connectivity index (χ4n) is 1.80. The summed E-state index contributed by atoms with van der Waals surface area (Å²) in [5.74, 6) is 0. The summed E-state index contributed by atoms with van der Waals surface area (Å²) in [6, 6.07) is 9.68. The van der Waals surface area contributed by atoms with Crippen LogP contribution in [0.4, 0.5) is 5.69 Å². The second-order valence-corrected chi connectivity index (χ2v) is 4.68. The highest BCUT2D eigenvalue weighted by Gasteiger charge is 2.15. The quantitative estimate of drug-likeness (QED) is 0.753. The van der Waals surface area contributed by atoms with Gasteiger partial charge in [-0.05, 0) is 31.5 Å². The van der Waals surface area contributed by atoms with Crippen LogP contribution in [0.25, 0.3) is 0 Å². The van der Waals surface area contributed by atoms with Crippen LogP contribution in [-0.4, -0.2) is 29.1 Å². The summed E-state index contributed by atoms with van der Waals surface area (Å²) in [5, 5.41) is 18.8. The van der Waals surface area contributed by atoms with Gasteiger partial charge in [0.05, 0.1) is 12.2 Å². The molecule has 0 amide bonds. The van der Waals surface area contributed by atoms with E-state index in [-0.39, 0.29) is 0 Å². The highest BCUT2D eigenvalue weighted by Crippen LogP contribution is 2.17. The number of hydrogen-bond acceptors (Lipinski definition) is 4. The highest BCUT2D eigenvalue weighted by atomic mass is 16.3. The van der Waals surface area contributed by atoms with Gasteiger partial charge in [0.1, 0.15) is 0 Å². The van der Waals surface area contributed by atoms with E-state index in [1.165, 1.54) is 0 Å². The number of nitrogens with two attached hydrogens (primary N) is 1. The molecule has 0 aliphatic heterocycles. The topological polar surface area (TPSA) is 73.3 Å². The molecule has 0 saturated carbocycles. The van der Waals surface area contributed by atoms with Crippen LogP contribution in [0.5, 0.6) is 0 Å². The van der Waals surface area contributed by atoms with Crippen LogP contribution in [-0.2, 0) is 0 Å². The first-order chi connectivity index (χ1) is 8.54. The van der Waals surface area contributed by atoms with Crippen molar-refractivity contribution in [3.05, 3.63) is 29.8 Å². The number of nitrogens with zero attached hydrogens (tertiary/aromatic N) is 2. The molecule has 0 spiro atoms. The lowest BCUT2D eigenvalue weighted by molar-refractivity contribution is 0.0969. The Labute approximate surface area is 109 Å². The first-order valence-corrected chi connectivity index (χ1v) is 6.19. The van der Waals surface area contributed by atoms with Crippen molar-refractivity contribution in [3.8, 4) is 6.07 Å². The van der Waals surface area contributed by atoms with Gasteiger partial charge < -0.3 is 10.8 Å². The lowest BCUT2D eigenvalue weighted by atomic mass is 10.1. The summed E-state index contributed by atoms with van der Waals surface area (Å²) in [7, 11) is 0. The van der Waals surface area contributed by atoms with Gasteiger partial charge in [0, 0.05) is 31.2 Å². The van der Waals surface area contributed by atoms with Gasteiger partial charge in [-0.1, -0.05) is 12.1 Å². The molecule has 0 aliphatic rings. The van der Waals surface area contributed by atoms with Crippen LogP contribution >= 0.6 is 0 Å². The predicted molar refractivity (Wildman–Crippen MR) is 72.8 cm³/mol. The standard InChI is InChI=1S/C14H21N3O/c1-11(2)17(9-3-8-15)10-14(18)12-4-6-13(16)7-5-12/h4-7,11,14,18H,3,9-10,16H2,1-2H3. The summed E-state index contributed by atoms with van der Waals surface area (Å²) in [6.45, 7) is 5.34. The molecule has 0 aromatic heterocycles. The third-order valence-corrected chi connectivity index (χ3v) is 2.97. The van der Waals surface area contributed by atoms with E-state index in [9.17, 15) is 5.11 Å². The largest absolute Gasteiger partial charge is 0.399 e. The van der Waals surface area contributed by atoms with Crippen molar-refractivity contribution >= 4 is 5.69 Å². The molecule has 1 unspecified atom stereocenters. The minimum absolute atomic E-state index is 0.307. The molecule has 18 heavy (non-hydrogen) atoms. The van der Waals surface area contributed by atoms with Crippen molar-refractivity contribution < 1.29 is 5.11 Å². The zero-order valence-electron chi connectivity index (χ0n) is 11.0. The van der Waals surface area contributed by atoms with E-state index in [0.717, 1.165) is 5.56 Å². The molecule has 0 radical (unpaired) electrons. The van der Waals surface area contributed by atoms with Gasteiger partial charge >= 0.3 is 0 Å². The second-order valence-electron chi connectivity index (χ2n) is 4.68. The Kier molecular flexibility index (Phi) is 5.63. The highest BCUT2D eigenvalue weighted by molar-refractivity contribution is 5.39. The van der Waals surface area contributed by atoms with Gasteiger partial charge in [-0.15, -0.1) is 0 Å². The summed E-state index contributed by atoms with van der Waals surface area (Å²) in [6.07, 6.45) is -0.0706. The summed E-state index contributed by atoms with van der Waals surface area (Å²) in [5.41, 5.74) is 7.16. The normalized spacial score (nSPS) is 12.7. The van der Waals surface area contributed by atoms with E-state index in [0.29, 0.717) is 31.2 Å². The lowest BCUT2D eigenvalue weighted by Crippen LogP contribution is -2.35. The zero-order valence-corrected chi connectivity index (χ0v) is 11.0. The zero-order chi connectivity index (χ0) is 13.5. The van der Waals surface area contributed by atoms with Crippen LogP contribution in [0.2, 0.25) is 0 Å². The van der Waals surface area contributed by atoms with E-state index < -0.39 is 6.10 Å². The molecule has 1 rings (SSSR count). The predicted octanol–water partition coefficient (Wildman–Crippen LogP) is 1.93. The molecule has 0 saturated heterocycles. The number of aliphatic hydroxyl groups is 1. The van der Waals surface area contributed by atoms with Gasteiger partial charge in [0.2, 0.25) is 0 Å². The SMILES string of the molecule is CC(C)N(CCC#N)CC(O)c1ccc(N)cc1. The summed E-state index contributed by atoms with van der Waals surface area (Å²) in [4.78, 5) is 2.10. The average molecular weight is 247 g/mol. The van der Waals surface area contributed by atoms with Crippen molar-refractivity contribution in [3.63, 3.8) is 0 Å². The van der Waals surface area contributed by atoms with Crippen LogP contribution in [0.15, 0.2) is 24.3 Å². The first kappa shape index (κ1) is 14.5. The number of nitriles is 1. The second kappa shape index (κ2) is 7.00. The van der Waals surface area contributed by atoms with Gasteiger partial charge in [-0.2, -0.15) is 5.26 Å². The molecular weight excluding hydrogens is 226 g/mol. The third-order valence-electron chi connectivity index (χ3n) is 2.97. The molecule has 0 fully saturated rings. The number of benzene rings is 1. The molecule has 0 bridgehead atoms. The molecule has 4 heteroatoms. The van der Waals surface area contributed by atoms with Crippen molar-refractivity contribution in [2.45, 2.75) is 32.4 Å². The maximum absolute atomic E-state index is 10.2. The van der Waals surface area contributed by atoms with Gasteiger partial charge in [0.25, 0.3) is 0 Å². The van der Waals surface area contributed by atoms with Crippen molar-refractivity contribution in [1.82, 2.24) is 4.90 Å².